The van der Waals surface area contributed by atoms with Crippen molar-refractivity contribution in [2.75, 3.05) is 7.11 Å². The molecule has 0 spiro atoms. The fourth-order valence-electron chi connectivity index (χ4n) is 3.22. The van der Waals surface area contributed by atoms with Crippen molar-refractivity contribution in [3.05, 3.63) is 70.3 Å². The van der Waals surface area contributed by atoms with Crippen LogP contribution in [-0.2, 0) is 0 Å². The van der Waals surface area contributed by atoms with Gasteiger partial charge < -0.3 is 4.74 Å². The summed E-state index contributed by atoms with van der Waals surface area (Å²) in [6, 6.07) is 16.7. The van der Waals surface area contributed by atoms with E-state index < -0.39 is 0 Å². The van der Waals surface area contributed by atoms with Gasteiger partial charge in [0.05, 0.1) is 12.8 Å². The van der Waals surface area contributed by atoms with Gasteiger partial charge in [-0.15, -0.1) is 0 Å². The van der Waals surface area contributed by atoms with Crippen molar-refractivity contribution >= 4 is 12.2 Å². The number of nitrogens with one attached hydrogen (secondary N) is 1. The van der Waals surface area contributed by atoms with Gasteiger partial charge in [0.25, 0.3) is 0 Å². The molecule has 5 heteroatoms. The fraction of sp³-hybridized carbons (Fsp3) is 0.263. The Morgan fingerprint density at radius 2 is 1.96 bits per heavy atom. The maximum Gasteiger partial charge on any atom is 0.199 e. The van der Waals surface area contributed by atoms with Gasteiger partial charge in [0.15, 0.2) is 4.77 Å². The molecule has 0 amide bonds. The molecule has 0 radical (unpaired) electrons. The Morgan fingerprint density at radius 1 is 1.17 bits per heavy atom. The molecular formula is C19H19N3OS. The van der Waals surface area contributed by atoms with Crippen LogP contribution in [0, 0.1) is 11.7 Å². The lowest BCUT2D eigenvalue weighted by Crippen LogP contribution is -2.01. The second-order valence-electron chi connectivity index (χ2n) is 6.28. The molecule has 4 rings (SSSR count). The molecule has 1 aromatic heterocycles. The topological polar surface area (TPSA) is 42.8 Å². The van der Waals surface area contributed by atoms with Crippen molar-refractivity contribution in [1.29, 1.82) is 0 Å². The molecule has 24 heavy (non-hydrogen) atoms. The van der Waals surface area contributed by atoms with Gasteiger partial charge in [-0.3, -0.25) is 9.67 Å². The largest absolute Gasteiger partial charge is 0.497 e. The van der Waals surface area contributed by atoms with Crippen LogP contribution in [-0.4, -0.2) is 21.9 Å². The van der Waals surface area contributed by atoms with Gasteiger partial charge in [-0.05, 0) is 49.2 Å². The first-order chi connectivity index (χ1) is 11.7. The van der Waals surface area contributed by atoms with E-state index in [0.29, 0.717) is 16.6 Å². The Hall–Kier alpha value is -2.40. The van der Waals surface area contributed by atoms with Crippen LogP contribution < -0.4 is 4.74 Å². The van der Waals surface area contributed by atoms with Crippen molar-refractivity contribution < 1.29 is 4.74 Å². The highest BCUT2D eigenvalue weighted by Gasteiger charge is 2.43. The van der Waals surface area contributed by atoms with E-state index >= 15 is 0 Å². The number of hydrogen-bond acceptors (Lipinski definition) is 3. The van der Waals surface area contributed by atoms with Crippen LogP contribution in [0.1, 0.15) is 35.2 Å². The summed E-state index contributed by atoms with van der Waals surface area (Å²) in [5.74, 6) is 2.72. The molecule has 2 atom stereocenters. The number of hydrogen-bond donors (Lipinski definition) is 1. The minimum absolute atomic E-state index is 0.395. The number of aryl methyl sites for hydroxylation is 1. The summed E-state index contributed by atoms with van der Waals surface area (Å²) in [4.78, 5) is 0. The first-order valence-corrected chi connectivity index (χ1v) is 8.46. The summed E-state index contributed by atoms with van der Waals surface area (Å²) < 4.78 is 7.98. The number of aromatic nitrogens is 3. The van der Waals surface area contributed by atoms with Crippen molar-refractivity contribution in [1.82, 2.24) is 14.8 Å². The Labute approximate surface area is 146 Å². The maximum absolute atomic E-state index is 5.46. The molecule has 2 aromatic carbocycles. The lowest BCUT2D eigenvalue weighted by molar-refractivity contribution is 0.414. The van der Waals surface area contributed by atoms with Crippen molar-refractivity contribution in [2.24, 2.45) is 0 Å². The Kier molecular flexibility index (Phi) is 3.73. The summed E-state index contributed by atoms with van der Waals surface area (Å²) in [6.07, 6.45) is 1.10. The van der Waals surface area contributed by atoms with Crippen LogP contribution in [0.3, 0.4) is 0 Å². The van der Waals surface area contributed by atoms with Crippen LogP contribution in [0.5, 0.6) is 5.75 Å². The summed E-state index contributed by atoms with van der Waals surface area (Å²) >= 11 is 5.46. The molecule has 1 fully saturated rings. The molecule has 0 saturated heterocycles. The molecule has 1 aliphatic carbocycles. The van der Waals surface area contributed by atoms with Gasteiger partial charge in [-0.2, -0.15) is 5.10 Å². The van der Waals surface area contributed by atoms with Crippen LogP contribution >= 0.6 is 12.2 Å². The van der Waals surface area contributed by atoms with Gasteiger partial charge in [0.1, 0.15) is 11.6 Å². The zero-order valence-corrected chi connectivity index (χ0v) is 14.5. The van der Waals surface area contributed by atoms with E-state index in [1.807, 2.05) is 28.8 Å². The number of rotatable bonds is 4. The molecule has 0 aliphatic heterocycles. The van der Waals surface area contributed by atoms with Gasteiger partial charge in [-0.25, -0.2) is 0 Å². The second-order valence-corrected chi connectivity index (χ2v) is 6.67. The highest BCUT2D eigenvalue weighted by atomic mass is 32.1. The summed E-state index contributed by atoms with van der Waals surface area (Å²) in [7, 11) is 1.67. The molecule has 1 N–H and O–H groups in total. The predicted molar refractivity (Wildman–Crippen MR) is 96.6 cm³/mol. The normalized spacial score (nSPS) is 19.2. The first-order valence-electron chi connectivity index (χ1n) is 8.05. The number of ether oxygens (including phenoxy) is 1. The molecule has 4 nitrogen and oxygen atoms in total. The van der Waals surface area contributed by atoms with Crippen LogP contribution in [0.15, 0.2) is 48.5 Å². The predicted octanol–water partition coefficient (Wildman–Crippen LogP) is 4.52. The van der Waals surface area contributed by atoms with E-state index in [0.717, 1.165) is 23.7 Å². The summed E-state index contributed by atoms with van der Waals surface area (Å²) in [6.45, 7) is 2.11. The molecule has 2 unspecified atom stereocenters. The lowest BCUT2D eigenvalue weighted by atomic mass is 10.1. The third kappa shape index (κ3) is 2.65. The van der Waals surface area contributed by atoms with Crippen LogP contribution in [0.2, 0.25) is 0 Å². The summed E-state index contributed by atoms with van der Waals surface area (Å²) in [5.41, 5.74) is 3.64. The SMILES string of the molecule is COc1cccc(-n2c(C3CC3c3ccc(C)cc3)n[nH]c2=S)c1. The van der Waals surface area contributed by atoms with Crippen LogP contribution in [0.4, 0.5) is 0 Å². The number of benzene rings is 2. The number of methoxy groups -OCH3 is 1. The standard InChI is InChI=1S/C19H19N3OS/c1-12-6-8-13(9-7-12)16-11-17(16)18-20-21-19(24)22(18)14-4-3-5-15(10-14)23-2/h3-10,16-17H,11H2,1-2H3,(H,21,24). The molecule has 1 saturated carbocycles. The fourth-order valence-corrected chi connectivity index (χ4v) is 3.46. The van der Waals surface area contributed by atoms with E-state index in [1.165, 1.54) is 11.1 Å². The van der Waals surface area contributed by atoms with E-state index in [9.17, 15) is 0 Å². The van der Waals surface area contributed by atoms with Crippen LogP contribution in [0.25, 0.3) is 5.69 Å². The zero-order chi connectivity index (χ0) is 16.7. The van der Waals surface area contributed by atoms with Crippen molar-refractivity contribution in [3.63, 3.8) is 0 Å². The Bertz CT molecular complexity index is 926. The second kappa shape index (κ2) is 5.91. The van der Waals surface area contributed by atoms with E-state index in [2.05, 4.69) is 41.4 Å². The minimum atomic E-state index is 0.395. The Morgan fingerprint density at radius 3 is 2.71 bits per heavy atom. The molecular weight excluding hydrogens is 318 g/mol. The Balaban J connectivity index is 1.68. The van der Waals surface area contributed by atoms with Gasteiger partial charge in [-0.1, -0.05) is 35.9 Å². The molecule has 1 aliphatic rings. The highest BCUT2D eigenvalue weighted by Crippen LogP contribution is 2.54. The molecule has 0 bridgehead atoms. The monoisotopic (exact) mass is 337 g/mol. The number of nitrogens with zero attached hydrogens (tertiary/aromatic N) is 2. The van der Waals surface area contributed by atoms with Crippen molar-refractivity contribution in [3.8, 4) is 11.4 Å². The van der Waals surface area contributed by atoms with E-state index in [-0.39, 0.29) is 0 Å². The first kappa shape index (κ1) is 15.1. The average molecular weight is 337 g/mol. The molecule has 1 heterocycles. The lowest BCUT2D eigenvalue weighted by Gasteiger charge is -2.08. The van der Waals surface area contributed by atoms with E-state index in [4.69, 9.17) is 17.0 Å². The molecule has 3 aromatic rings. The average Bonchev–Trinajstić information content (AvgIpc) is 3.30. The third-order valence-corrected chi connectivity index (χ3v) is 4.91. The van der Waals surface area contributed by atoms with Gasteiger partial charge in [0, 0.05) is 12.0 Å². The maximum atomic E-state index is 5.46. The van der Waals surface area contributed by atoms with E-state index in [1.54, 1.807) is 7.11 Å². The van der Waals surface area contributed by atoms with Gasteiger partial charge >= 0.3 is 0 Å². The highest BCUT2D eigenvalue weighted by molar-refractivity contribution is 7.71. The quantitative estimate of drug-likeness (QED) is 0.712. The zero-order valence-electron chi connectivity index (χ0n) is 13.7. The summed E-state index contributed by atoms with van der Waals surface area (Å²) in [5, 5.41) is 7.46. The smallest absolute Gasteiger partial charge is 0.199 e. The number of H-pyrrole nitrogens is 1. The van der Waals surface area contributed by atoms with Crippen molar-refractivity contribution in [2.45, 2.75) is 25.2 Å². The third-order valence-electron chi connectivity index (χ3n) is 4.64. The minimum Gasteiger partial charge on any atom is -0.497 e. The van der Waals surface area contributed by atoms with Gasteiger partial charge in [0.2, 0.25) is 0 Å². The molecule has 122 valence electrons. The number of aromatic amines is 1.